The second kappa shape index (κ2) is 4.70. The van der Waals surface area contributed by atoms with E-state index in [2.05, 4.69) is 4.98 Å². The second-order valence-corrected chi connectivity index (χ2v) is 6.01. The number of carbonyl (C=O) groups is 2. The molecular weight excluding hydrogens is 298 g/mol. The molecule has 1 aromatic heterocycles. The molecule has 4 nitrogen and oxygen atoms in total. The number of benzene rings is 1. The average molecular weight is 308 g/mol. The van der Waals surface area contributed by atoms with Crippen molar-refractivity contribution in [3.8, 4) is 0 Å². The summed E-state index contributed by atoms with van der Waals surface area (Å²) in [5, 5.41) is 0.572. The van der Waals surface area contributed by atoms with Gasteiger partial charge < -0.3 is 0 Å². The van der Waals surface area contributed by atoms with Crippen molar-refractivity contribution in [3.05, 3.63) is 44.9 Å². The summed E-state index contributed by atoms with van der Waals surface area (Å²) in [5.41, 5.74) is 0.0217. The quantitative estimate of drug-likeness (QED) is 0.802. The number of halogens is 2. The molecule has 21 heavy (non-hydrogen) atoms. The van der Waals surface area contributed by atoms with E-state index in [1.807, 2.05) is 13.8 Å². The highest BCUT2D eigenvalue weighted by Crippen LogP contribution is 2.35. The Morgan fingerprint density at radius 3 is 2.48 bits per heavy atom. The average Bonchev–Trinajstić information content (AvgIpc) is 2.87. The molecule has 3 rings (SSSR count). The van der Waals surface area contributed by atoms with E-state index >= 15 is 0 Å². The van der Waals surface area contributed by atoms with Crippen molar-refractivity contribution in [2.75, 3.05) is 4.90 Å². The molecule has 1 aliphatic rings. The van der Waals surface area contributed by atoms with Crippen molar-refractivity contribution in [3.63, 3.8) is 0 Å². The van der Waals surface area contributed by atoms with Gasteiger partial charge in [0.05, 0.1) is 23.5 Å². The zero-order valence-electron chi connectivity index (χ0n) is 11.2. The fraction of sp³-hybridized carbons (Fsp3) is 0.214. The van der Waals surface area contributed by atoms with Gasteiger partial charge >= 0.3 is 0 Å². The minimum Gasteiger partial charge on any atom is -0.295 e. The third-order valence-electron chi connectivity index (χ3n) is 3.38. The van der Waals surface area contributed by atoms with Gasteiger partial charge in [0.25, 0.3) is 11.7 Å². The maximum absolute atomic E-state index is 13.9. The van der Waals surface area contributed by atoms with E-state index in [4.69, 9.17) is 0 Å². The molecule has 0 N–H and O–H groups in total. The predicted octanol–water partition coefficient (Wildman–Crippen LogP) is 2.77. The number of thiazole rings is 1. The smallest absolute Gasteiger partial charge is 0.295 e. The van der Waals surface area contributed by atoms with E-state index in [0.29, 0.717) is 5.01 Å². The molecule has 7 heteroatoms. The van der Waals surface area contributed by atoms with Gasteiger partial charge in [-0.2, -0.15) is 0 Å². The molecule has 108 valence electrons. The third-order valence-corrected chi connectivity index (χ3v) is 4.44. The number of fused-ring (bicyclic) bond motifs is 1. The van der Waals surface area contributed by atoms with Gasteiger partial charge in [-0.15, -0.1) is 11.3 Å². The van der Waals surface area contributed by atoms with Gasteiger partial charge in [-0.25, -0.2) is 13.8 Å². The van der Waals surface area contributed by atoms with Crippen LogP contribution in [-0.2, 0) is 11.3 Å². The van der Waals surface area contributed by atoms with Crippen LogP contribution in [0.4, 0.5) is 14.5 Å². The molecule has 0 fully saturated rings. The molecule has 0 bridgehead atoms. The Morgan fingerprint density at radius 1 is 1.19 bits per heavy atom. The van der Waals surface area contributed by atoms with E-state index in [1.54, 1.807) is 0 Å². The standard InChI is InChI=1S/C14H10F2N2O2S/c1-6-7(2)21-10(17-6)5-18-12-9(16)4-3-8(15)11(12)13(19)14(18)20/h3-4H,5H2,1-2H3. The van der Waals surface area contributed by atoms with E-state index in [0.717, 1.165) is 27.6 Å². The molecule has 2 aromatic rings. The van der Waals surface area contributed by atoms with Gasteiger partial charge in [0.2, 0.25) is 0 Å². The van der Waals surface area contributed by atoms with Crippen molar-refractivity contribution >= 4 is 28.7 Å². The Hall–Kier alpha value is -2.15. The lowest BCUT2D eigenvalue weighted by Gasteiger charge is -2.15. The number of carbonyl (C=O) groups excluding carboxylic acids is 2. The first-order valence-electron chi connectivity index (χ1n) is 6.17. The molecule has 2 heterocycles. The normalized spacial score (nSPS) is 14.0. The Kier molecular flexibility index (Phi) is 3.09. The van der Waals surface area contributed by atoms with Gasteiger partial charge in [0.15, 0.2) is 0 Å². The van der Waals surface area contributed by atoms with Gasteiger partial charge in [0, 0.05) is 4.88 Å². The van der Waals surface area contributed by atoms with E-state index in [-0.39, 0.29) is 12.2 Å². The maximum atomic E-state index is 13.9. The zero-order chi connectivity index (χ0) is 15.3. The number of nitrogens with zero attached hydrogens (tertiary/aromatic N) is 2. The largest absolute Gasteiger partial charge is 0.300 e. The van der Waals surface area contributed by atoms with E-state index in [9.17, 15) is 18.4 Å². The minimum absolute atomic E-state index is 0.0444. The van der Waals surface area contributed by atoms with Crippen LogP contribution in [-0.4, -0.2) is 16.7 Å². The molecular formula is C14H10F2N2O2S. The zero-order valence-corrected chi connectivity index (χ0v) is 12.1. The number of rotatable bonds is 2. The van der Waals surface area contributed by atoms with Crippen LogP contribution in [0, 0.1) is 25.5 Å². The van der Waals surface area contributed by atoms with Crippen LogP contribution in [0.15, 0.2) is 12.1 Å². The topological polar surface area (TPSA) is 50.3 Å². The Labute approximate surface area is 123 Å². The van der Waals surface area contributed by atoms with Gasteiger partial charge in [-0.3, -0.25) is 14.5 Å². The molecule has 0 saturated carbocycles. The minimum atomic E-state index is -1.02. The monoisotopic (exact) mass is 308 g/mol. The predicted molar refractivity (Wildman–Crippen MR) is 73.5 cm³/mol. The summed E-state index contributed by atoms with van der Waals surface area (Å²) < 4.78 is 27.6. The van der Waals surface area contributed by atoms with Crippen molar-refractivity contribution in [2.45, 2.75) is 20.4 Å². The molecule has 0 spiro atoms. The van der Waals surface area contributed by atoms with Crippen LogP contribution < -0.4 is 4.90 Å². The lowest BCUT2D eigenvalue weighted by atomic mass is 10.1. The van der Waals surface area contributed by atoms with Crippen molar-refractivity contribution in [1.29, 1.82) is 0 Å². The van der Waals surface area contributed by atoms with Crippen molar-refractivity contribution in [2.24, 2.45) is 0 Å². The van der Waals surface area contributed by atoms with Crippen molar-refractivity contribution < 1.29 is 18.4 Å². The van der Waals surface area contributed by atoms with Gasteiger partial charge in [0.1, 0.15) is 16.6 Å². The summed E-state index contributed by atoms with van der Waals surface area (Å²) in [6, 6.07) is 1.76. The number of anilines is 1. The summed E-state index contributed by atoms with van der Waals surface area (Å²) >= 11 is 1.36. The van der Waals surface area contributed by atoms with E-state index < -0.39 is 28.9 Å². The summed E-state index contributed by atoms with van der Waals surface area (Å²) in [6.45, 7) is 3.65. The van der Waals surface area contributed by atoms with Crippen LogP contribution in [0.2, 0.25) is 0 Å². The number of aromatic nitrogens is 1. The van der Waals surface area contributed by atoms with Crippen LogP contribution >= 0.6 is 11.3 Å². The maximum Gasteiger partial charge on any atom is 0.300 e. The highest BCUT2D eigenvalue weighted by atomic mass is 32.1. The number of ketones is 1. The van der Waals surface area contributed by atoms with Crippen LogP contribution in [0.25, 0.3) is 0 Å². The number of hydrogen-bond donors (Lipinski definition) is 0. The van der Waals surface area contributed by atoms with Crippen LogP contribution in [0.5, 0.6) is 0 Å². The Balaban J connectivity index is 2.07. The number of hydrogen-bond acceptors (Lipinski definition) is 4. The molecule has 1 aliphatic heterocycles. The summed E-state index contributed by atoms with van der Waals surface area (Å²) in [4.78, 5) is 30.0. The highest BCUT2D eigenvalue weighted by Gasteiger charge is 2.40. The first-order chi connectivity index (χ1) is 9.90. The van der Waals surface area contributed by atoms with Crippen molar-refractivity contribution in [1.82, 2.24) is 4.98 Å². The lowest BCUT2D eigenvalue weighted by Crippen LogP contribution is -2.29. The number of Topliss-reactive ketones (excluding diaryl/α,β-unsaturated/α-hetero) is 1. The van der Waals surface area contributed by atoms with Crippen LogP contribution in [0.1, 0.15) is 25.9 Å². The summed E-state index contributed by atoms with van der Waals surface area (Å²) in [5.74, 6) is -3.64. The highest BCUT2D eigenvalue weighted by molar-refractivity contribution is 7.11. The molecule has 0 unspecified atom stereocenters. The Morgan fingerprint density at radius 2 is 1.86 bits per heavy atom. The van der Waals surface area contributed by atoms with Gasteiger partial charge in [-0.05, 0) is 26.0 Å². The third kappa shape index (κ3) is 2.04. The molecule has 1 aromatic carbocycles. The van der Waals surface area contributed by atoms with E-state index in [1.165, 1.54) is 11.3 Å². The number of aryl methyl sites for hydroxylation is 2. The lowest BCUT2D eigenvalue weighted by molar-refractivity contribution is -0.114. The molecule has 0 radical (unpaired) electrons. The molecule has 0 aliphatic carbocycles. The Bertz CT molecular complexity index is 766. The first kappa shape index (κ1) is 13.8. The fourth-order valence-electron chi connectivity index (χ4n) is 2.24. The second-order valence-electron chi connectivity index (χ2n) is 4.72. The SMILES string of the molecule is Cc1nc(CN2C(=O)C(=O)c3c(F)ccc(F)c32)sc1C. The molecule has 1 amide bonds. The molecule has 0 saturated heterocycles. The molecule has 0 atom stereocenters. The summed E-state index contributed by atoms with van der Waals surface area (Å²) in [7, 11) is 0. The van der Waals surface area contributed by atoms with Gasteiger partial charge in [-0.1, -0.05) is 0 Å². The van der Waals surface area contributed by atoms with Crippen LogP contribution in [0.3, 0.4) is 0 Å². The number of amides is 1. The first-order valence-corrected chi connectivity index (χ1v) is 6.99. The summed E-state index contributed by atoms with van der Waals surface area (Å²) in [6.07, 6.45) is 0. The fourth-order valence-corrected chi connectivity index (χ4v) is 3.17.